The molecule has 0 fully saturated rings. The molecular weight excluding hydrogens is 330 g/mol. The summed E-state index contributed by atoms with van der Waals surface area (Å²) in [6.45, 7) is 5.13. The van der Waals surface area contributed by atoms with Crippen LogP contribution in [0.25, 0.3) is 0 Å². The van der Waals surface area contributed by atoms with Crippen LogP contribution in [0.1, 0.15) is 68.6 Å². The lowest BCUT2D eigenvalue weighted by atomic mass is 9.82. The van der Waals surface area contributed by atoms with Crippen LogP contribution in [-0.2, 0) is 23.6 Å². The minimum Gasteiger partial charge on any atom is -0.400 e. The summed E-state index contributed by atoms with van der Waals surface area (Å²) in [5.74, 6) is 2.88. The molecule has 0 spiro atoms. The van der Waals surface area contributed by atoms with Gasteiger partial charge < -0.3 is 10.8 Å². The first-order valence-electron chi connectivity index (χ1n) is 9.79. The molecule has 0 radical (unpaired) electrons. The van der Waals surface area contributed by atoms with Gasteiger partial charge in [-0.05, 0) is 67.2 Å². The molecule has 0 bridgehead atoms. The third-order valence-corrected chi connectivity index (χ3v) is 6.69. The van der Waals surface area contributed by atoms with Gasteiger partial charge in [0.1, 0.15) is 0 Å². The number of benzene rings is 1. The Bertz CT molecular complexity index is 519. The van der Waals surface area contributed by atoms with E-state index in [1.165, 1.54) is 36.0 Å². The number of aliphatic hydroxyl groups is 1. The SMILES string of the molecule is CCCCS(=O)CC1CCc2cc(C(CN)CCC)ccc2C1.CO. The van der Waals surface area contributed by atoms with Crippen molar-refractivity contribution in [2.75, 3.05) is 25.2 Å². The third-order valence-electron chi connectivity index (χ3n) is 5.10. The highest BCUT2D eigenvalue weighted by Gasteiger charge is 2.21. The second kappa shape index (κ2) is 12.6. The van der Waals surface area contributed by atoms with E-state index in [0.717, 1.165) is 50.8 Å². The quantitative estimate of drug-likeness (QED) is 0.698. The van der Waals surface area contributed by atoms with Crippen LogP contribution in [0, 0.1) is 5.92 Å². The molecule has 3 nitrogen and oxygen atoms in total. The van der Waals surface area contributed by atoms with Crippen molar-refractivity contribution in [1.29, 1.82) is 0 Å². The van der Waals surface area contributed by atoms with Gasteiger partial charge in [0.15, 0.2) is 0 Å². The second-order valence-electron chi connectivity index (χ2n) is 7.02. The van der Waals surface area contributed by atoms with Crippen LogP contribution >= 0.6 is 0 Å². The van der Waals surface area contributed by atoms with Crippen molar-refractivity contribution < 1.29 is 9.32 Å². The Hall–Kier alpha value is -0.710. The van der Waals surface area contributed by atoms with Gasteiger partial charge in [-0.3, -0.25) is 4.21 Å². The van der Waals surface area contributed by atoms with Gasteiger partial charge >= 0.3 is 0 Å². The fourth-order valence-corrected chi connectivity index (χ4v) is 5.25. The number of rotatable bonds is 9. The van der Waals surface area contributed by atoms with Gasteiger partial charge in [0.2, 0.25) is 0 Å². The van der Waals surface area contributed by atoms with Crippen molar-refractivity contribution >= 4 is 10.8 Å². The Morgan fingerprint density at radius 1 is 1.24 bits per heavy atom. The van der Waals surface area contributed by atoms with Crippen LogP contribution in [0.5, 0.6) is 0 Å². The lowest BCUT2D eigenvalue weighted by Gasteiger charge is -2.26. The number of unbranched alkanes of at least 4 members (excludes halogenated alkanes) is 1. The second-order valence-corrected chi connectivity index (χ2v) is 8.64. The molecule has 0 aliphatic heterocycles. The number of aryl methyl sites for hydroxylation is 1. The van der Waals surface area contributed by atoms with E-state index in [1.807, 2.05) is 0 Å². The van der Waals surface area contributed by atoms with Crippen molar-refractivity contribution in [3.63, 3.8) is 0 Å². The van der Waals surface area contributed by atoms with E-state index in [4.69, 9.17) is 10.8 Å². The monoisotopic (exact) mass is 367 g/mol. The average molecular weight is 368 g/mol. The molecule has 0 aromatic heterocycles. The van der Waals surface area contributed by atoms with Crippen molar-refractivity contribution in [3.8, 4) is 0 Å². The summed E-state index contributed by atoms with van der Waals surface area (Å²) in [5, 5.41) is 7.00. The van der Waals surface area contributed by atoms with E-state index < -0.39 is 10.8 Å². The molecule has 3 atom stereocenters. The highest BCUT2D eigenvalue weighted by Crippen LogP contribution is 2.30. The first kappa shape index (κ1) is 22.3. The number of aliphatic hydroxyl groups excluding tert-OH is 1. The van der Waals surface area contributed by atoms with Crippen LogP contribution in [0.15, 0.2) is 18.2 Å². The van der Waals surface area contributed by atoms with E-state index in [9.17, 15) is 4.21 Å². The van der Waals surface area contributed by atoms with E-state index >= 15 is 0 Å². The molecule has 0 amide bonds. The van der Waals surface area contributed by atoms with Gasteiger partial charge in [-0.2, -0.15) is 0 Å². The Labute approximate surface area is 156 Å². The fraction of sp³-hybridized carbons (Fsp3) is 0.714. The van der Waals surface area contributed by atoms with Gasteiger partial charge in [-0.25, -0.2) is 0 Å². The van der Waals surface area contributed by atoms with Crippen molar-refractivity contribution in [2.24, 2.45) is 11.7 Å². The highest BCUT2D eigenvalue weighted by molar-refractivity contribution is 7.84. The van der Waals surface area contributed by atoms with E-state index in [0.29, 0.717) is 11.8 Å². The van der Waals surface area contributed by atoms with Gasteiger partial charge in [0.25, 0.3) is 0 Å². The van der Waals surface area contributed by atoms with Crippen LogP contribution in [0.3, 0.4) is 0 Å². The molecule has 4 heteroatoms. The highest BCUT2D eigenvalue weighted by atomic mass is 32.2. The topological polar surface area (TPSA) is 63.3 Å². The summed E-state index contributed by atoms with van der Waals surface area (Å²) < 4.78 is 12.1. The largest absolute Gasteiger partial charge is 0.400 e. The van der Waals surface area contributed by atoms with E-state index in [-0.39, 0.29) is 0 Å². The molecule has 0 saturated carbocycles. The molecule has 0 saturated heterocycles. The van der Waals surface area contributed by atoms with Crippen molar-refractivity contribution in [1.82, 2.24) is 0 Å². The van der Waals surface area contributed by atoms with Gasteiger partial charge in [-0.15, -0.1) is 0 Å². The molecule has 1 aliphatic rings. The zero-order valence-corrected chi connectivity index (χ0v) is 17.1. The number of nitrogens with two attached hydrogens (primary N) is 1. The molecule has 2 rings (SSSR count). The summed E-state index contributed by atoms with van der Waals surface area (Å²) in [6.07, 6.45) is 8.03. The van der Waals surface area contributed by atoms with Gasteiger partial charge in [0, 0.05) is 29.4 Å². The zero-order chi connectivity index (χ0) is 18.7. The Morgan fingerprint density at radius 3 is 2.64 bits per heavy atom. The minimum absolute atomic E-state index is 0.504. The normalized spacial score (nSPS) is 18.7. The van der Waals surface area contributed by atoms with Gasteiger partial charge in [0.05, 0.1) is 0 Å². The zero-order valence-electron chi connectivity index (χ0n) is 16.3. The summed E-state index contributed by atoms with van der Waals surface area (Å²) in [5.41, 5.74) is 10.3. The molecule has 1 aromatic carbocycles. The summed E-state index contributed by atoms with van der Waals surface area (Å²) in [4.78, 5) is 0. The smallest absolute Gasteiger partial charge is 0.0319 e. The average Bonchev–Trinajstić information content (AvgIpc) is 2.65. The molecule has 1 aromatic rings. The van der Waals surface area contributed by atoms with Crippen LogP contribution in [0.2, 0.25) is 0 Å². The molecule has 144 valence electrons. The minimum atomic E-state index is -0.627. The maximum Gasteiger partial charge on any atom is 0.0319 e. The first-order valence-corrected chi connectivity index (χ1v) is 11.3. The standard InChI is InChI=1S/C20H33NOS.CH4O/c1-3-5-11-23(22)15-16-7-8-18-13-19(10-9-17(18)12-16)20(14-21)6-4-2;1-2/h9-10,13,16,20H,3-8,11-12,14-15,21H2,1-2H3;2H,1H3. The van der Waals surface area contributed by atoms with Crippen molar-refractivity contribution in [3.05, 3.63) is 34.9 Å². The lowest BCUT2D eigenvalue weighted by molar-refractivity contribution is 0.399. The molecule has 3 unspecified atom stereocenters. The fourth-order valence-electron chi connectivity index (χ4n) is 3.67. The predicted octanol–water partition coefficient (Wildman–Crippen LogP) is 3.79. The molecule has 1 aliphatic carbocycles. The van der Waals surface area contributed by atoms with Crippen LogP contribution in [-0.4, -0.2) is 34.5 Å². The number of hydrogen-bond acceptors (Lipinski definition) is 3. The summed E-state index contributed by atoms with van der Waals surface area (Å²) in [7, 11) is 0.373. The van der Waals surface area contributed by atoms with Gasteiger partial charge in [-0.1, -0.05) is 44.9 Å². The summed E-state index contributed by atoms with van der Waals surface area (Å²) in [6, 6.07) is 6.99. The molecule has 25 heavy (non-hydrogen) atoms. The van der Waals surface area contributed by atoms with E-state index in [1.54, 1.807) is 0 Å². The number of hydrogen-bond donors (Lipinski definition) is 2. The third kappa shape index (κ3) is 7.20. The molecular formula is C21H37NO2S. The Kier molecular flexibility index (Phi) is 11.3. The van der Waals surface area contributed by atoms with E-state index in [2.05, 4.69) is 32.0 Å². The maximum absolute atomic E-state index is 12.1. The molecule has 3 N–H and O–H groups in total. The number of fused-ring (bicyclic) bond motifs is 1. The molecule has 0 heterocycles. The summed E-state index contributed by atoms with van der Waals surface area (Å²) >= 11 is 0. The Balaban J connectivity index is 0.00000151. The predicted molar refractivity (Wildman–Crippen MR) is 110 cm³/mol. The maximum atomic E-state index is 12.1. The first-order chi connectivity index (χ1) is 12.2. The Morgan fingerprint density at radius 2 is 2.00 bits per heavy atom. The van der Waals surface area contributed by atoms with Crippen LogP contribution < -0.4 is 5.73 Å². The lowest BCUT2D eigenvalue weighted by Crippen LogP contribution is -2.22. The van der Waals surface area contributed by atoms with Crippen molar-refractivity contribution in [2.45, 2.75) is 64.7 Å². The van der Waals surface area contributed by atoms with Crippen LogP contribution in [0.4, 0.5) is 0 Å².